The topological polar surface area (TPSA) is 36.9 Å². The van der Waals surface area contributed by atoms with E-state index in [2.05, 4.69) is 19.6 Å². The van der Waals surface area contributed by atoms with E-state index in [1.165, 1.54) is 19.3 Å². The van der Waals surface area contributed by atoms with Crippen molar-refractivity contribution in [3.05, 3.63) is 0 Å². The third-order valence-corrected chi connectivity index (χ3v) is 5.79. The van der Waals surface area contributed by atoms with Crippen LogP contribution in [0.3, 0.4) is 0 Å². The highest BCUT2D eigenvalue weighted by Crippen LogP contribution is 2.74. The van der Waals surface area contributed by atoms with Crippen LogP contribution in [0.5, 0.6) is 0 Å². The maximum absolute atomic E-state index is 6.07. The number of quaternary nitrogens is 1. The Morgan fingerprint density at radius 3 is 2.69 bits per heavy atom. The summed E-state index contributed by atoms with van der Waals surface area (Å²) in [6.45, 7) is 6.84. The highest BCUT2D eigenvalue weighted by molar-refractivity contribution is 5.23. The highest BCUT2D eigenvalue weighted by atomic mass is 16.5. The fourth-order valence-electron chi connectivity index (χ4n) is 4.45. The summed E-state index contributed by atoms with van der Waals surface area (Å²) in [6.07, 6.45) is 4.07. The lowest BCUT2D eigenvalue weighted by Gasteiger charge is -2.38. The normalized spacial score (nSPS) is 63.5. The van der Waals surface area contributed by atoms with Gasteiger partial charge in [0.2, 0.25) is 0 Å². The first-order valence-electron chi connectivity index (χ1n) is 5.51. The molecule has 2 nitrogen and oxygen atoms in total. The van der Waals surface area contributed by atoms with Crippen LogP contribution in [0.15, 0.2) is 0 Å². The van der Waals surface area contributed by atoms with Crippen LogP contribution in [-0.2, 0) is 4.74 Å². The quantitative estimate of drug-likeness (QED) is 0.640. The number of rotatable bonds is 1. The van der Waals surface area contributed by atoms with Crippen LogP contribution < -0.4 is 5.73 Å². The fourth-order valence-corrected chi connectivity index (χ4v) is 4.45. The van der Waals surface area contributed by atoms with Gasteiger partial charge in [-0.05, 0) is 25.2 Å². The van der Waals surface area contributed by atoms with Crippen molar-refractivity contribution in [2.75, 3.05) is 13.2 Å². The number of hydrogen-bond acceptors (Lipinski definition) is 1. The van der Waals surface area contributed by atoms with Gasteiger partial charge in [-0.3, -0.25) is 0 Å². The SMILES string of the molecule is C[C@@]12CC[C@H]3C[C@]1(C[NH3+])OC[C@]32C. The average molecular weight is 182 g/mol. The second kappa shape index (κ2) is 1.96. The van der Waals surface area contributed by atoms with E-state index in [1.807, 2.05) is 0 Å². The summed E-state index contributed by atoms with van der Waals surface area (Å²) in [6, 6.07) is 0. The van der Waals surface area contributed by atoms with Crippen molar-refractivity contribution in [2.24, 2.45) is 16.7 Å². The van der Waals surface area contributed by atoms with E-state index >= 15 is 0 Å². The second-order valence-corrected chi connectivity index (χ2v) is 5.72. The summed E-state index contributed by atoms with van der Waals surface area (Å²) in [7, 11) is 0. The molecule has 0 aromatic carbocycles. The molecule has 3 rings (SSSR count). The molecule has 0 amide bonds. The summed E-state index contributed by atoms with van der Waals surface area (Å²) >= 11 is 0. The van der Waals surface area contributed by atoms with Gasteiger partial charge in [-0.2, -0.15) is 0 Å². The highest BCUT2D eigenvalue weighted by Gasteiger charge is 2.76. The Labute approximate surface area is 79.8 Å². The van der Waals surface area contributed by atoms with Gasteiger partial charge in [-0.1, -0.05) is 13.8 Å². The van der Waals surface area contributed by atoms with Crippen molar-refractivity contribution < 1.29 is 10.5 Å². The minimum absolute atomic E-state index is 0.157. The van der Waals surface area contributed by atoms with E-state index in [4.69, 9.17) is 4.74 Å². The number of ether oxygens (including phenoxy) is 1. The molecule has 3 fully saturated rings. The van der Waals surface area contributed by atoms with Gasteiger partial charge >= 0.3 is 0 Å². The lowest BCUT2D eigenvalue weighted by atomic mass is 9.66. The minimum atomic E-state index is 0.157. The minimum Gasteiger partial charge on any atom is -0.368 e. The largest absolute Gasteiger partial charge is 0.368 e. The molecule has 2 heteroatoms. The van der Waals surface area contributed by atoms with Gasteiger partial charge in [0.25, 0.3) is 0 Å². The molecule has 13 heavy (non-hydrogen) atoms. The molecule has 0 aromatic heterocycles. The van der Waals surface area contributed by atoms with Crippen LogP contribution in [0.4, 0.5) is 0 Å². The Balaban J connectivity index is 2.14. The van der Waals surface area contributed by atoms with Gasteiger partial charge in [-0.15, -0.1) is 0 Å². The van der Waals surface area contributed by atoms with Crippen LogP contribution in [0, 0.1) is 16.7 Å². The first kappa shape index (κ1) is 8.25. The van der Waals surface area contributed by atoms with Gasteiger partial charge in [0.1, 0.15) is 12.1 Å². The molecule has 2 aliphatic carbocycles. The molecular formula is C11H20NO+. The maximum atomic E-state index is 6.07. The third kappa shape index (κ3) is 0.581. The molecule has 3 N–H and O–H groups in total. The lowest BCUT2D eigenvalue weighted by molar-refractivity contribution is -0.409. The molecule has 0 aromatic rings. The van der Waals surface area contributed by atoms with E-state index in [9.17, 15) is 0 Å². The molecule has 0 radical (unpaired) electrons. The monoisotopic (exact) mass is 182 g/mol. The summed E-state index contributed by atoms with van der Waals surface area (Å²) in [5.74, 6) is 0.924. The molecule has 4 bridgehead atoms. The molecule has 3 aliphatic rings. The van der Waals surface area contributed by atoms with Gasteiger partial charge in [-0.25, -0.2) is 0 Å². The maximum Gasteiger partial charge on any atom is 0.123 e. The van der Waals surface area contributed by atoms with Crippen molar-refractivity contribution in [3.63, 3.8) is 0 Å². The van der Waals surface area contributed by atoms with E-state index in [-0.39, 0.29) is 5.60 Å². The zero-order valence-electron chi connectivity index (χ0n) is 8.73. The molecular weight excluding hydrogens is 162 g/mol. The van der Waals surface area contributed by atoms with Crippen LogP contribution in [-0.4, -0.2) is 18.8 Å². The predicted molar refractivity (Wildman–Crippen MR) is 50.0 cm³/mol. The Morgan fingerprint density at radius 1 is 1.46 bits per heavy atom. The molecule has 1 saturated heterocycles. The Morgan fingerprint density at radius 2 is 2.23 bits per heavy atom. The summed E-state index contributed by atoms with van der Waals surface area (Å²) < 4.78 is 6.07. The zero-order chi connectivity index (χ0) is 9.32. The van der Waals surface area contributed by atoms with Crippen molar-refractivity contribution in [1.82, 2.24) is 0 Å². The molecule has 4 atom stereocenters. The third-order valence-electron chi connectivity index (χ3n) is 5.79. The summed E-state index contributed by atoms with van der Waals surface area (Å²) in [5.41, 5.74) is 5.18. The van der Waals surface area contributed by atoms with Crippen molar-refractivity contribution in [3.8, 4) is 0 Å². The van der Waals surface area contributed by atoms with Crippen LogP contribution in [0.1, 0.15) is 33.1 Å². The average Bonchev–Trinajstić information content (AvgIpc) is 2.58. The fraction of sp³-hybridized carbons (Fsp3) is 1.00. The van der Waals surface area contributed by atoms with Crippen LogP contribution in [0.25, 0.3) is 0 Å². The molecule has 2 saturated carbocycles. The zero-order valence-corrected chi connectivity index (χ0v) is 8.73. The first-order chi connectivity index (χ1) is 6.08. The first-order valence-corrected chi connectivity index (χ1v) is 5.51. The van der Waals surface area contributed by atoms with E-state index in [0.717, 1.165) is 19.1 Å². The van der Waals surface area contributed by atoms with Gasteiger partial charge in [0.15, 0.2) is 0 Å². The Bertz CT molecular complexity index is 267. The van der Waals surface area contributed by atoms with Gasteiger partial charge < -0.3 is 10.5 Å². The Kier molecular flexibility index (Phi) is 1.24. The molecule has 1 aliphatic heterocycles. The smallest absolute Gasteiger partial charge is 0.123 e. The van der Waals surface area contributed by atoms with Crippen LogP contribution in [0.2, 0.25) is 0 Å². The molecule has 74 valence electrons. The molecule has 1 heterocycles. The molecule has 0 spiro atoms. The predicted octanol–water partition coefficient (Wildman–Crippen LogP) is 0.824. The van der Waals surface area contributed by atoms with E-state index < -0.39 is 0 Å². The van der Waals surface area contributed by atoms with E-state index in [0.29, 0.717) is 10.8 Å². The Hall–Kier alpha value is -0.0800. The van der Waals surface area contributed by atoms with Crippen LogP contribution >= 0.6 is 0 Å². The second-order valence-electron chi connectivity index (χ2n) is 5.72. The van der Waals surface area contributed by atoms with Crippen molar-refractivity contribution in [2.45, 2.75) is 38.7 Å². The van der Waals surface area contributed by atoms with Crippen molar-refractivity contribution >= 4 is 0 Å². The van der Waals surface area contributed by atoms with E-state index in [1.54, 1.807) is 0 Å². The van der Waals surface area contributed by atoms with Gasteiger partial charge in [0, 0.05) is 10.8 Å². The standard InChI is InChI=1S/C11H19NO/c1-9-7-13-11(6-12)5-8(9)3-4-10(9,11)2/h8H,3-7,12H2,1-2H3/p+1/t8-,9+,10-,11+/m0/s1. The summed E-state index contributed by atoms with van der Waals surface area (Å²) in [5, 5.41) is 0. The summed E-state index contributed by atoms with van der Waals surface area (Å²) in [4.78, 5) is 0. The van der Waals surface area contributed by atoms with Crippen molar-refractivity contribution in [1.29, 1.82) is 0 Å². The lowest BCUT2D eigenvalue weighted by Crippen LogP contribution is -2.65. The van der Waals surface area contributed by atoms with Gasteiger partial charge in [0.05, 0.1) is 6.61 Å². The number of hydrogen-bond donors (Lipinski definition) is 1. The molecule has 0 unspecified atom stereocenters.